The molecule has 0 aromatic heterocycles. The van der Waals surface area contributed by atoms with Crippen LogP contribution in [0.5, 0.6) is 0 Å². The second-order valence-electron chi connectivity index (χ2n) is 5.36. The molecule has 1 saturated carbocycles. The second-order valence-corrected chi connectivity index (χ2v) is 5.36. The average Bonchev–Trinajstić information content (AvgIpc) is 2.48. The van der Waals surface area contributed by atoms with Gasteiger partial charge in [-0.15, -0.1) is 0 Å². The first-order valence-corrected chi connectivity index (χ1v) is 7.25. The molecule has 0 atom stereocenters. The zero-order chi connectivity index (χ0) is 14.4. The largest absolute Gasteiger partial charge is 0.352 e. The molecule has 0 radical (unpaired) electrons. The molecule has 0 saturated heterocycles. The number of nitrogen functional groups attached to an aromatic ring is 1. The van der Waals surface area contributed by atoms with Crippen molar-refractivity contribution in [2.45, 2.75) is 38.5 Å². The maximum absolute atomic E-state index is 13.5. The first-order chi connectivity index (χ1) is 9.72. The summed E-state index contributed by atoms with van der Waals surface area (Å²) in [5.41, 5.74) is 2.54. The summed E-state index contributed by atoms with van der Waals surface area (Å²) in [5.74, 6) is 5.17. The van der Waals surface area contributed by atoms with E-state index in [0.717, 1.165) is 6.42 Å². The maximum atomic E-state index is 13.5. The van der Waals surface area contributed by atoms with Gasteiger partial charge in [0, 0.05) is 6.54 Å². The van der Waals surface area contributed by atoms with E-state index >= 15 is 0 Å². The fourth-order valence-electron chi connectivity index (χ4n) is 2.82. The Morgan fingerprint density at radius 2 is 2.05 bits per heavy atom. The Morgan fingerprint density at radius 3 is 2.75 bits per heavy atom. The predicted molar refractivity (Wildman–Crippen MR) is 77.7 cm³/mol. The van der Waals surface area contributed by atoms with E-state index in [-0.39, 0.29) is 17.2 Å². The highest BCUT2D eigenvalue weighted by molar-refractivity contribution is 5.99. The number of hydrogen-bond acceptors (Lipinski definition) is 3. The summed E-state index contributed by atoms with van der Waals surface area (Å²) >= 11 is 0. The molecule has 110 valence electrons. The summed E-state index contributed by atoms with van der Waals surface area (Å²) < 4.78 is 13.5. The molecular weight excluding hydrogens is 257 g/mol. The van der Waals surface area contributed by atoms with E-state index in [1.54, 1.807) is 6.07 Å². The number of carbonyl (C=O) groups is 1. The standard InChI is InChI=1S/C15H22FN3O/c16-13-8-4-7-12(14(13)19-17)15(20)18-10-9-11-5-2-1-3-6-11/h4,7-8,11,19H,1-3,5-6,9-10,17H2,(H,18,20). The van der Waals surface area contributed by atoms with E-state index in [1.807, 2.05) is 0 Å². The van der Waals surface area contributed by atoms with Crippen LogP contribution in [0.1, 0.15) is 48.9 Å². The molecule has 4 nitrogen and oxygen atoms in total. The van der Waals surface area contributed by atoms with Gasteiger partial charge in [-0.05, 0) is 24.5 Å². The van der Waals surface area contributed by atoms with E-state index in [1.165, 1.54) is 44.2 Å². The number of hydrazine groups is 1. The van der Waals surface area contributed by atoms with Gasteiger partial charge in [-0.1, -0.05) is 38.2 Å². The lowest BCUT2D eigenvalue weighted by molar-refractivity contribution is 0.0950. The fraction of sp³-hybridized carbons (Fsp3) is 0.533. The number of rotatable bonds is 5. The molecule has 1 aliphatic carbocycles. The van der Waals surface area contributed by atoms with E-state index in [4.69, 9.17) is 5.84 Å². The minimum atomic E-state index is -0.521. The summed E-state index contributed by atoms with van der Waals surface area (Å²) in [6.45, 7) is 0.629. The van der Waals surface area contributed by atoms with Gasteiger partial charge in [0.2, 0.25) is 0 Å². The van der Waals surface area contributed by atoms with E-state index in [9.17, 15) is 9.18 Å². The number of benzene rings is 1. The minimum Gasteiger partial charge on any atom is -0.352 e. The Bertz CT molecular complexity index is 458. The molecular formula is C15H22FN3O. The van der Waals surface area contributed by atoms with Crippen LogP contribution in [0.3, 0.4) is 0 Å². The van der Waals surface area contributed by atoms with Gasteiger partial charge in [-0.3, -0.25) is 10.6 Å². The molecule has 1 aliphatic rings. The first kappa shape index (κ1) is 14.8. The van der Waals surface area contributed by atoms with Crippen LogP contribution in [-0.2, 0) is 0 Å². The minimum absolute atomic E-state index is 0.0441. The zero-order valence-electron chi connectivity index (χ0n) is 11.6. The van der Waals surface area contributed by atoms with Crippen molar-refractivity contribution in [2.24, 2.45) is 11.8 Å². The summed E-state index contributed by atoms with van der Waals surface area (Å²) in [6.07, 6.45) is 7.43. The Balaban J connectivity index is 1.87. The highest BCUT2D eigenvalue weighted by Gasteiger charge is 2.16. The molecule has 0 heterocycles. The highest BCUT2D eigenvalue weighted by atomic mass is 19.1. The molecule has 1 fully saturated rings. The SMILES string of the molecule is NNc1c(F)cccc1C(=O)NCCC1CCCCC1. The van der Waals surface area contributed by atoms with Crippen molar-refractivity contribution in [3.8, 4) is 0 Å². The van der Waals surface area contributed by atoms with Crippen molar-refractivity contribution in [3.05, 3.63) is 29.6 Å². The number of amides is 1. The molecule has 1 aromatic carbocycles. The average molecular weight is 279 g/mol. The Labute approximate surface area is 118 Å². The van der Waals surface area contributed by atoms with Crippen LogP contribution in [0.2, 0.25) is 0 Å². The van der Waals surface area contributed by atoms with Crippen LogP contribution in [0, 0.1) is 11.7 Å². The van der Waals surface area contributed by atoms with Crippen molar-refractivity contribution in [1.82, 2.24) is 5.32 Å². The van der Waals surface area contributed by atoms with Gasteiger partial charge in [-0.2, -0.15) is 0 Å². The molecule has 4 N–H and O–H groups in total. The predicted octanol–water partition coefficient (Wildman–Crippen LogP) is 2.81. The van der Waals surface area contributed by atoms with Crippen LogP contribution < -0.4 is 16.6 Å². The molecule has 1 amide bonds. The molecule has 20 heavy (non-hydrogen) atoms. The fourth-order valence-corrected chi connectivity index (χ4v) is 2.82. The number of nitrogens with two attached hydrogens (primary N) is 1. The molecule has 2 rings (SSSR count). The number of anilines is 1. The zero-order valence-corrected chi connectivity index (χ0v) is 11.6. The molecule has 0 bridgehead atoms. The Hall–Kier alpha value is -1.62. The monoisotopic (exact) mass is 279 g/mol. The van der Waals surface area contributed by atoms with Crippen LogP contribution >= 0.6 is 0 Å². The lowest BCUT2D eigenvalue weighted by atomic mass is 9.87. The summed E-state index contributed by atoms with van der Waals surface area (Å²) in [4.78, 5) is 12.0. The third-order valence-electron chi connectivity index (χ3n) is 3.97. The summed E-state index contributed by atoms with van der Waals surface area (Å²) in [7, 11) is 0. The third-order valence-corrected chi connectivity index (χ3v) is 3.97. The van der Waals surface area contributed by atoms with Gasteiger partial charge >= 0.3 is 0 Å². The number of hydrogen-bond donors (Lipinski definition) is 3. The first-order valence-electron chi connectivity index (χ1n) is 7.25. The van der Waals surface area contributed by atoms with Gasteiger partial charge in [0.05, 0.1) is 11.3 Å². The van der Waals surface area contributed by atoms with Crippen LogP contribution in [0.4, 0.5) is 10.1 Å². The lowest BCUT2D eigenvalue weighted by Gasteiger charge is -2.21. The smallest absolute Gasteiger partial charge is 0.253 e. The number of para-hydroxylation sites is 1. The van der Waals surface area contributed by atoms with Gasteiger partial charge in [0.1, 0.15) is 5.82 Å². The molecule has 1 aromatic rings. The number of carbonyl (C=O) groups excluding carboxylic acids is 1. The van der Waals surface area contributed by atoms with Gasteiger partial charge in [0.15, 0.2) is 0 Å². The number of halogens is 1. The maximum Gasteiger partial charge on any atom is 0.253 e. The summed E-state index contributed by atoms with van der Waals surface area (Å²) in [6, 6.07) is 4.34. The normalized spacial score (nSPS) is 15.9. The van der Waals surface area contributed by atoms with Crippen LogP contribution in [0.15, 0.2) is 18.2 Å². The van der Waals surface area contributed by atoms with E-state index in [0.29, 0.717) is 12.5 Å². The van der Waals surface area contributed by atoms with Gasteiger partial charge in [0.25, 0.3) is 5.91 Å². The lowest BCUT2D eigenvalue weighted by Crippen LogP contribution is -2.28. The van der Waals surface area contributed by atoms with Crippen LogP contribution in [-0.4, -0.2) is 12.5 Å². The summed E-state index contributed by atoms with van der Waals surface area (Å²) in [5, 5.41) is 2.85. The van der Waals surface area contributed by atoms with Crippen molar-refractivity contribution in [1.29, 1.82) is 0 Å². The highest BCUT2D eigenvalue weighted by Crippen LogP contribution is 2.26. The molecule has 5 heteroatoms. The van der Waals surface area contributed by atoms with Gasteiger partial charge in [-0.25, -0.2) is 4.39 Å². The van der Waals surface area contributed by atoms with E-state index in [2.05, 4.69) is 10.7 Å². The van der Waals surface area contributed by atoms with Crippen molar-refractivity contribution >= 4 is 11.6 Å². The Kier molecular flexibility index (Phi) is 5.35. The quantitative estimate of drug-likeness (QED) is 0.573. The van der Waals surface area contributed by atoms with Gasteiger partial charge < -0.3 is 10.7 Å². The van der Waals surface area contributed by atoms with Crippen molar-refractivity contribution in [3.63, 3.8) is 0 Å². The van der Waals surface area contributed by atoms with Crippen LogP contribution in [0.25, 0.3) is 0 Å². The van der Waals surface area contributed by atoms with Crippen molar-refractivity contribution < 1.29 is 9.18 Å². The van der Waals surface area contributed by atoms with Crippen molar-refractivity contribution in [2.75, 3.05) is 12.0 Å². The topological polar surface area (TPSA) is 67.1 Å². The Morgan fingerprint density at radius 1 is 1.30 bits per heavy atom. The number of nitrogens with one attached hydrogen (secondary N) is 2. The van der Waals surface area contributed by atoms with E-state index < -0.39 is 5.82 Å². The molecule has 0 aliphatic heterocycles. The molecule has 0 spiro atoms. The second kappa shape index (κ2) is 7.24. The third kappa shape index (κ3) is 3.70. The molecule has 0 unspecified atom stereocenters.